The van der Waals surface area contributed by atoms with Crippen LogP contribution in [0.2, 0.25) is 0 Å². The number of nitrogens with one attached hydrogen (secondary N) is 1. The first-order valence-electron chi connectivity index (χ1n) is 10.6. The largest absolute Gasteiger partial charge is 0.454 e. The van der Waals surface area contributed by atoms with E-state index in [2.05, 4.69) is 15.2 Å². The Hall–Kier alpha value is -2.87. The molecular weight excluding hydrogens is 384 g/mol. The maximum absolute atomic E-state index is 12.5. The van der Waals surface area contributed by atoms with Gasteiger partial charge in [0, 0.05) is 50.2 Å². The van der Waals surface area contributed by atoms with Gasteiger partial charge in [0.15, 0.2) is 11.5 Å². The lowest BCUT2D eigenvalue weighted by atomic mass is 9.96. The van der Waals surface area contributed by atoms with Gasteiger partial charge >= 0.3 is 0 Å². The first-order chi connectivity index (χ1) is 14.7. The minimum absolute atomic E-state index is 0.0117. The Labute approximate surface area is 175 Å². The summed E-state index contributed by atoms with van der Waals surface area (Å²) in [5, 5.41) is 3.15. The first kappa shape index (κ1) is 19.1. The molecule has 8 nitrogen and oxygen atoms in total. The Bertz CT molecular complexity index is 916. The summed E-state index contributed by atoms with van der Waals surface area (Å²) < 4.78 is 16.2. The first-order valence-corrected chi connectivity index (χ1v) is 10.6. The number of anilines is 1. The lowest BCUT2D eigenvalue weighted by Gasteiger charge is -2.23. The summed E-state index contributed by atoms with van der Waals surface area (Å²) in [5.74, 6) is 2.65. The monoisotopic (exact) mass is 410 g/mol. The van der Waals surface area contributed by atoms with Crippen molar-refractivity contribution in [3.8, 4) is 11.5 Å². The van der Waals surface area contributed by atoms with E-state index in [1.807, 2.05) is 30.5 Å². The Morgan fingerprint density at radius 3 is 2.90 bits per heavy atom. The molecule has 158 valence electrons. The average Bonchev–Trinajstić information content (AvgIpc) is 3.43. The Balaban J connectivity index is 1.16. The molecule has 5 rings (SSSR count). The van der Waals surface area contributed by atoms with Gasteiger partial charge in [-0.05, 0) is 43.0 Å². The maximum atomic E-state index is 12.5. The van der Waals surface area contributed by atoms with Crippen LogP contribution in [0.4, 0.5) is 5.95 Å². The Morgan fingerprint density at radius 2 is 2.00 bits per heavy atom. The zero-order valence-electron chi connectivity index (χ0n) is 16.9. The SMILES string of the molecule is O=C(Cc1ccc2c(c1)OCO2)NC1CCN(c2nccc(C3CCOCC3)n2)C1. The van der Waals surface area contributed by atoms with Crippen molar-refractivity contribution in [1.29, 1.82) is 0 Å². The number of rotatable bonds is 5. The van der Waals surface area contributed by atoms with Gasteiger partial charge in [-0.15, -0.1) is 0 Å². The summed E-state index contributed by atoms with van der Waals surface area (Å²) in [5.41, 5.74) is 2.01. The van der Waals surface area contributed by atoms with Crippen LogP contribution in [0.5, 0.6) is 11.5 Å². The number of carbonyl (C=O) groups excluding carboxylic acids is 1. The molecule has 30 heavy (non-hydrogen) atoms. The van der Waals surface area contributed by atoms with Crippen molar-refractivity contribution in [1.82, 2.24) is 15.3 Å². The van der Waals surface area contributed by atoms with E-state index in [1.165, 1.54) is 0 Å². The number of ether oxygens (including phenoxy) is 3. The van der Waals surface area contributed by atoms with Crippen molar-refractivity contribution < 1.29 is 19.0 Å². The molecule has 0 radical (unpaired) electrons. The Kier molecular flexibility index (Phi) is 5.40. The second-order valence-electron chi connectivity index (χ2n) is 8.03. The highest BCUT2D eigenvalue weighted by Gasteiger charge is 2.27. The number of benzene rings is 1. The smallest absolute Gasteiger partial charge is 0.231 e. The van der Waals surface area contributed by atoms with E-state index in [9.17, 15) is 4.79 Å². The molecule has 0 saturated carbocycles. The molecule has 4 heterocycles. The normalized spacial score (nSPS) is 21.1. The fourth-order valence-corrected chi connectivity index (χ4v) is 4.31. The fraction of sp³-hybridized carbons (Fsp3) is 0.500. The van der Waals surface area contributed by atoms with Crippen molar-refractivity contribution in [3.05, 3.63) is 41.7 Å². The minimum Gasteiger partial charge on any atom is -0.454 e. The van der Waals surface area contributed by atoms with Gasteiger partial charge in [-0.3, -0.25) is 4.79 Å². The summed E-state index contributed by atoms with van der Waals surface area (Å²) in [6, 6.07) is 7.75. The standard InChI is InChI=1S/C22H26N4O4/c27-21(12-15-1-2-19-20(11-15)30-14-29-19)24-17-4-8-26(13-17)22-23-7-3-18(25-22)16-5-9-28-10-6-16/h1-3,7,11,16-17H,4-6,8-10,12-14H2,(H,24,27). The van der Waals surface area contributed by atoms with Gasteiger partial charge in [0.1, 0.15) is 0 Å². The van der Waals surface area contributed by atoms with E-state index >= 15 is 0 Å². The second kappa shape index (κ2) is 8.47. The third-order valence-electron chi connectivity index (χ3n) is 5.94. The van der Waals surface area contributed by atoms with E-state index < -0.39 is 0 Å². The van der Waals surface area contributed by atoms with Crippen LogP contribution in [-0.2, 0) is 16.0 Å². The molecule has 1 N–H and O–H groups in total. The lowest BCUT2D eigenvalue weighted by molar-refractivity contribution is -0.121. The molecule has 1 aromatic carbocycles. The highest BCUT2D eigenvalue weighted by Crippen LogP contribution is 2.32. The van der Waals surface area contributed by atoms with Crippen LogP contribution in [0.3, 0.4) is 0 Å². The number of aromatic nitrogens is 2. The van der Waals surface area contributed by atoms with Crippen molar-refractivity contribution in [3.63, 3.8) is 0 Å². The predicted octanol–water partition coefficient (Wildman–Crippen LogP) is 2.04. The lowest BCUT2D eigenvalue weighted by Crippen LogP contribution is -2.38. The number of hydrogen-bond acceptors (Lipinski definition) is 7. The van der Waals surface area contributed by atoms with E-state index in [-0.39, 0.29) is 18.7 Å². The van der Waals surface area contributed by atoms with Crippen LogP contribution in [-0.4, -0.2) is 55.0 Å². The average molecular weight is 410 g/mol. The molecule has 2 saturated heterocycles. The molecule has 2 aromatic rings. The fourth-order valence-electron chi connectivity index (χ4n) is 4.31. The van der Waals surface area contributed by atoms with Gasteiger partial charge in [-0.2, -0.15) is 0 Å². The van der Waals surface area contributed by atoms with Gasteiger partial charge < -0.3 is 24.4 Å². The highest BCUT2D eigenvalue weighted by molar-refractivity contribution is 5.79. The highest BCUT2D eigenvalue weighted by atomic mass is 16.7. The van der Waals surface area contributed by atoms with E-state index in [1.54, 1.807) is 0 Å². The topological polar surface area (TPSA) is 85.8 Å². The molecule has 1 aromatic heterocycles. The quantitative estimate of drug-likeness (QED) is 0.807. The van der Waals surface area contributed by atoms with Crippen molar-refractivity contribution in [2.45, 2.75) is 37.6 Å². The van der Waals surface area contributed by atoms with Crippen LogP contribution in [0.1, 0.15) is 36.4 Å². The van der Waals surface area contributed by atoms with Crippen molar-refractivity contribution in [2.75, 3.05) is 38.0 Å². The maximum Gasteiger partial charge on any atom is 0.231 e. The van der Waals surface area contributed by atoms with E-state index in [0.29, 0.717) is 18.1 Å². The number of fused-ring (bicyclic) bond motifs is 1. The third-order valence-corrected chi connectivity index (χ3v) is 5.94. The van der Waals surface area contributed by atoms with Gasteiger partial charge in [-0.25, -0.2) is 9.97 Å². The summed E-state index contributed by atoms with van der Waals surface area (Å²) in [6.07, 6.45) is 5.07. The number of hydrogen-bond donors (Lipinski definition) is 1. The van der Waals surface area contributed by atoms with Crippen molar-refractivity contribution in [2.24, 2.45) is 0 Å². The van der Waals surface area contributed by atoms with Crippen molar-refractivity contribution >= 4 is 11.9 Å². The molecule has 0 aliphatic carbocycles. The molecular formula is C22H26N4O4. The molecule has 0 spiro atoms. The summed E-state index contributed by atoms with van der Waals surface area (Å²) in [4.78, 5) is 24.0. The van der Waals surface area contributed by atoms with Gasteiger partial charge in [0.05, 0.1) is 6.42 Å². The van der Waals surface area contributed by atoms with E-state index in [4.69, 9.17) is 19.2 Å². The zero-order valence-corrected chi connectivity index (χ0v) is 16.9. The van der Waals surface area contributed by atoms with Crippen LogP contribution < -0.4 is 19.7 Å². The Morgan fingerprint density at radius 1 is 1.13 bits per heavy atom. The van der Waals surface area contributed by atoms with Crippen LogP contribution >= 0.6 is 0 Å². The second-order valence-corrected chi connectivity index (χ2v) is 8.03. The van der Waals surface area contributed by atoms with E-state index in [0.717, 1.165) is 68.5 Å². The summed E-state index contributed by atoms with van der Waals surface area (Å²) in [6.45, 7) is 3.40. The molecule has 3 aliphatic heterocycles. The molecule has 1 atom stereocenters. The number of nitrogens with zero attached hydrogens (tertiary/aromatic N) is 3. The molecule has 8 heteroatoms. The number of amides is 1. The van der Waals surface area contributed by atoms with Gasteiger partial charge in [0.2, 0.25) is 18.6 Å². The summed E-state index contributed by atoms with van der Waals surface area (Å²) >= 11 is 0. The minimum atomic E-state index is 0.0117. The van der Waals surface area contributed by atoms with Crippen LogP contribution in [0, 0.1) is 0 Å². The molecule has 1 unspecified atom stereocenters. The third kappa shape index (κ3) is 4.18. The van der Waals surface area contributed by atoms with Gasteiger partial charge in [-0.1, -0.05) is 6.07 Å². The molecule has 0 bridgehead atoms. The van der Waals surface area contributed by atoms with Crippen LogP contribution in [0.25, 0.3) is 0 Å². The zero-order chi connectivity index (χ0) is 20.3. The predicted molar refractivity (Wildman–Crippen MR) is 110 cm³/mol. The van der Waals surface area contributed by atoms with Gasteiger partial charge in [0.25, 0.3) is 0 Å². The summed E-state index contributed by atoms with van der Waals surface area (Å²) in [7, 11) is 0. The molecule has 3 aliphatic rings. The van der Waals surface area contributed by atoms with Crippen LogP contribution in [0.15, 0.2) is 30.5 Å². The number of carbonyl (C=O) groups is 1. The molecule has 2 fully saturated rings. The molecule has 1 amide bonds.